The van der Waals surface area contributed by atoms with Crippen molar-refractivity contribution in [1.82, 2.24) is 19.7 Å². The van der Waals surface area contributed by atoms with Crippen molar-refractivity contribution in [1.29, 1.82) is 0 Å². The summed E-state index contributed by atoms with van der Waals surface area (Å²) in [4.78, 5) is 28.8. The smallest absolute Gasteiger partial charge is 0.317 e. The topological polar surface area (TPSA) is 130 Å². The van der Waals surface area contributed by atoms with E-state index >= 15 is 0 Å². The summed E-state index contributed by atoms with van der Waals surface area (Å²) in [5.74, 6) is 0.861. The molecule has 33 heavy (non-hydrogen) atoms. The van der Waals surface area contributed by atoms with E-state index in [9.17, 15) is 14.9 Å². The Morgan fingerprint density at radius 1 is 1.21 bits per heavy atom. The number of carbonyl (C=O) groups is 1. The predicted molar refractivity (Wildman–Crippen MR) is 121 cm³/mol. The highest BCUT2D eigenvalue weighted by atomic mass is 16.6. The molecule has 0 atom stereocenters. The summed E-state index contributed by atoms with van der Waals surface area (Å²) >= 11 is 0. The second kappa shape index (κ2) is 8.05. The van der Waals surface area contributed by atoms with Crippen molar-refractivity contribution in [3.05, 3.63) is 53.8 Å². The van der Waals surface area contributed by atoms with Crippen LogP contribution in [0.2, 0.25) is 0 Å². The van der Waals surface area contributed by atoms with Crippen LogP contribution in [0.25, 0.3) is 33.4 Å². The third kappa shape index (κ3) is 3.79. The normalized spacial score (nSPS) is 14.6. The maximum absolute atomic E-state index is 11.6. The zero-order valence-corrected chi connectivity index (χ0v) is 18.0. The number of furan rings is 1. The number of nitrogens with two attached hydrogens (primary N) is 1. The van der Waals surface area contributed by atoms with Gasteiger partial charge < -0.3 is 15.1 Å². The Labute approximate surface area is 188 Å². The SMILES string of the molecule is CC(=O)N1CCC(n2cc(-c3cnc(N)c4oc(-c5cccc([N+](=O)O)c5)cc34)cn2)CC1. The molecule has 0 bridgehead atoms. The molecule has 1 aliphatic rings. The minimum absolute atomic E-state index is 0.0939. The lowest BCUT2D eigenvalue weighted by molar-refractivity contribution is -0.729. The first kappa shape index (κ1) is 20.7. The van der Waals surface area contributed by atoms with Crippen LogP contribution in [0.3, 0.4) is 0 Å². The van der Waals surface area contributed by atoms with Crippen molar-refractivity contribution in [2.45, 2.75) is 25.8 Å². The van der Waals surface area contributed by atoms with E-state index in [4.69, 9.17) is 10.2 Å². The van der Waals surface area contributed by atoms with Crippen LogP contribution < -0.4 is 5.73 Å². The number of fused-ring (bicyclic) bond motifs is 1. The number of aromatic nitrogens is 3. The lowest BCUT2D eigenvalue weighted by atomic mass is 10.0. The minimum atomic E-state index is -0.192. The zero-order valence-electron chi connectivity index (χ0n) is 18.0. The molecule has 10 heteroatoms. The molecule has 0 aliphatic carbocycles. The van der Waals surface area contributed by atoms with Gasteiger partial charge in [-0.2, -0.15) is 5.10 Å². The number of hydrogen-bond donors (Lipinski definition) is 2. The van der Waals surface area contributed by atoms with Crippen molar-refractivity contribution in [3.8, 4) is 22.5 Å². The fourth-order valence-electron chi connectivity index (χ4n) is 4.32. The number of likely N-dealkylation sites (tertiary alicyclic amines) is 1. The summed E-state index contributed by atoms with van der Waals surface area (Å²) < 4.78 is 7.93. The van der Waals surface area contributed by atoms with Crippen LogP contribution in [-0.2, 0) is 4.79 Å². The lowest BCUT2D eigenvalue weighted by Gasteiger charge is -2.31. The highest BCUT2D eigenvalue weighted by molar-refractivity contribution is 6.00. The fraction of sp³-hybridized carbons (Fsp3) is 0.261. The number of carbonyl (C=O) groups excluding carboxylic acids is 1. The van der Waals surface area contributed by atoms with Gasteiger partial charge in [0.1, 0.15) is 5.76 Å². The summed E-state index contributed by atoms with van der Waals surface area (Å²) in [5, 5.41) is 14.6. The molecule has 1 saturated heterocycles. The first-order valence-corrected chi connectivity index (χ1v) is 10.7. The number of nitrogens with zero attached hydrogens (tertiary/aromatic N) is 5. The van der Waals surface area contributed by atoms with Crippen LogP contribution in [0.4, 0.5) is 11.5 Å². The molecule has 5 rings (SSSR count). The zero-order chi connectivity index (χ0) is 23.1. The van der Waals surface area contributed by atoms with Crippen LogP contribution in [-0.4, -0.2) is 48.8 Å². The monoisotopic (exact) mass is 447 g/mol. The molecule has 0 unspecified atom stereocenters. The summed E-state index contributed by atoms with van der Waals surface area (Å²) in [6, 6.07) is 8.52. The van der Waals surface area contributed by atoms with E-state index in [1.807, 2.05) is 21.8 Å². The molecule has 1 aliphatic heterocycles. The van der Waals surface area contributed by atoms with Crippen molar-refractivity contribution in [2.24, 2.45) is 0 Å². The first-order chi connectivity index (χ1) is 15.9. The number of pyridine rings is 1. The summed E-state index contributed by atoms with van der Waals surface area (Å²) in [6.07, 6.45) is 7.17. The van der Waals surface area contributed by atoms with Gasteiger partial charge in [-0.1, -0.05) is 12.1 Å². The predicted octanol–water partition coefficient (Wildman–Crippen LogP) is 3.92. The highest BCUT2D eigenvalue weighted by Crippen LogP contribution is 2.37. The first-order valence-electron chi connectivity index (χ1n) is 10.7. The number of rotatable bonds is 4. The Balaban J connectivity index is 1.49. The number of benzene rings is 1. The van der Waals surface area contributed by atoms with E-state index in [0.29, 0.717) is 16.9 Å². The second-order valence-corrected chi connectivity index (χ2v) is 8.18. The molecule has 4 heterocycles. The molecule has 1 amide bonds. The van der Waals surface area contributed by atoms with Gasteiger partial charge in [-0.15, -0.1) is 0 Å². The van der Waals surface area contributed by atoms with Crippen LogP contribution >= 0.6 is 0 Å². The average Bonchev–Trinajstić information content (AvgIpc) is 3.48. The minimum Gasteiger partial charge on any atom is -0.452 e. The van der Waals surface area contributed by atoms with Crippen molar-refractivity contribution in [2.75, 3.05) is 18.8 Å². The van der Waals surface area contributed by atoms with Crippen LogP contribution in [0, 0.1) is 4.91 Å². The van der Waals surface area contributed by atoms with Gasteiger partial charge in [0.2, 0.25) is 5.91 Å². The van der Waals surface area contributed by atoms with Gasteiger partial charge in [0.05, 0.1) is 17.1 Å². The van der Waals surface area contributed by atoms with Gasteiger partial charge in [-0.3, -0.25) is 9.48 Å². The molecule has 1 aromatic carbocycles. The van der Waals surface area contributed by atoms with E-state index in [1.165, 1.54) is 12.1 Å². The van der Waals surface area contributed by atoms with Gasteiger partial charge in [0.15, 0.2) is 11.4 Å². The molecule has 0 saturated carbocycles. The lowest BCUT2D eigenvalue weighted by Crippen LogP contribution is -2.37. The fourth-order valence-corrected chi connectivity index (χ4v) is 4.32. The van der Waals surface area contributed by atoms with E-state index in [1.54, 1.807) is 31.5 Å². The molecule has 3 aromatic heterocycles. The molecule has 10 nitrogen and oxygen atoms in total. The van der Waals surface area contributed by atoms with E-state index in [0.717, 1.165) is 42.4 Å². The number of nitrogen functional groups attached to an aromatic ring is 1. The van der Waals surface area contributed by atoms with Crippen LogP contribution in [0.5, 0.6) is 0 Å². The largest absolute Gasteiger partial charge is 0.452 e. The Hall–Kier alpha value is -4.21. The Kier molecular flexibility index (Phi) is 5.04. The molecule has 0 spiro atoms. The summed E-state index contributed by atoms with van der Waals surface area (Å²) in [7, 11) is 0. The summed E-state index contributed by atoms with van der Waals surface area (Å²) in [5.41, 5.74) is 8.94. The number of amides is 1. The maximum atomic E-state index is 11.6. The van der Waals surface area contributed by atoms with Gasteiger partial charge >= 0.3 is 5.69 Å². The van der Waals surface area contributed by atoms with E-state index in [-0.39, 0.29) is 28.4 Å². The van der Waals surface area contributed by atoms with E-state index < -0.39 is 0 Å². The Morgan fingerprint density at radius 3 is 2.73 bits per heavy atom. The van der Waals surface area contributed by atoms with Crippen LogP contribution in [0.1, 0.15) is 25.8 Å². The van der Waals surface area contributed by atoms with Crippen LogP contribution in [0.15, 0.2) is 53.3 Å². The third-order valence-electron chi connectivity index (χ3n) is 6.14. The molecule has 3 N–H and O–H groups in total. The van der Waals surface area contributed by atoms with Crippen molar-refractivity contribution < 1.29 is 19.3 Å². The van der Waals surface area contributed by atoms with Gasteiger partial charge in [-0.05, 0) is 18.9 Å². The molecule has 1 fully saturated rings. The third-order valence-corrected chi connectivity index (χ3v) is 6.14. The average molecular weight is 447 g/mol. The maximum Gasteiger partial charge on any atom is 0.317 e. The highest BCUT2D eigenvalue weighted by Gasteiger charge is 2.23. The van der Waals surface area contributed by atoms with Crippen molar-refractivity contribution >= 4 is 28.4 Å². The van der Waals surface area contributed by atoms with Gasteiger partial charge in [0, 0.05) is 66.6 Å². The molecule has 4 aromatic rings. The number of anilines is 1. The molecular weight excluding hydrogens is 424 g/mol. The Bertz CT molecular complexity index is 1370. The quantitative estimate of drug-likeness (QED) is 0.453. The summed E-state index contributed by atoms with van der Waals surface area (Å²) in [6.45, 7) is 3.05. The molecule has 168 valence electrons. The van der Waals surface area contributed by atoms with Gasteiger partial charge in [0.25, 0.3) is 4.92 Å². The number of hydrogen-bond acceptors (Lipinski definition) is 6. The Morgan fingerprint density at radius 2 is 2.00 bits per heavy atom. The van der Waals surface area contributed by atoms with E-state index in [2.05, 4.69) is 10.1 Å². The number of piperidine rings is 1. The standard InChI is InChI=1S/C23H23N6O4/c1-14(30)27-7-5-17(6-8-27)28-13-16(11-26-28)20-12-25-23(24)22-19(20)10-21(33-22)15-3-2-4-18(9-15)29(31)32/h2-4,9-13,17H,5-8H2,1H3,(H2,24,25)(H,31,32)/q+1. The van der Waals surface area contributed by atoms with Gasteiger partial charge in [-0.25, -0.2) is 10.2 Å². The molecular formula is C23H23N6O4+. The van der Waals surface area contributed by atoms with Crippen molar-refractivity contribution in [3.63, 3.8) is 0 Å². The molecule has 0 radical (unpaired) electrons. The second-order valence-electron chi connectivity index (χ2n) is 8.18.